The first-order valence-electron chi connectivity index (χ1n) is 6.12. The molecule has 1 aliphatic rings. The second-order valence-corrected chi connectivity index (χ2v) is 4.69. The van der Waals surface area contributed by atoms with Crippen molar-refractivity contribution in [2.45, 2.75) is 57.9 Å². The molecule has 0 radical (unpaired) electrons. The van der Waals surface area contributed by atoms with Crippen LogP contribution in [0.5, 0.6) is 0 Å². The molecule has 1 aliphatic carbocycles. The van der Waals surface area contributed by atoms with Crippen LogP contribution in [0.4, 0.5) is 0 Å². The van der Waals surface area contributed by atoms with Gasteiger partial charge in [-0.3, -0.25) is 4.79 Å². The van der Waals surface area contributed by atoms with Gasteiger partial charge in [0.05, 0.1) is 6.61 Å². The first kappa shape index (κ1) is 12.5. The summed E-state index contributed by atoms with van der Waals surface area (Å²) >= 11 is 0. The van der Waals surface area contributed by atoms with Crippen molar-refractivity contribution in [1.29, 1.82) is 0 Å². The van der Waals surface area contributed by atoms with Crippen LogP contribution in [0.15, 0.2) is 0 Å². The Morgan fingerprint density at radius 1 is 1.40 bits per heavy atom. The van der Waals surface area contributed by atoms with Crippen molar-refractivity contribution >= 4 is 5.91 Å². The summed E-state index contributed by atoms with van der Waals surface area (Å²) in [5.74, 6) is 0.844. The van der Waals surface area contributed by atoms with Gasteiger partial charge in [-0.2, -0.15) is 0 Å². The van der Waals surface area contributed by atoms with Gasteiger partial charge in [0.25, 0.3) is 0 Å². The van der Waals surface area contributed by atoms with Gasteiger partial charge >= 0.3 is 0 Å². The van der Waals surface area contributed by atoms with E-state index >= 15 is 0 Å². The Labute approximate surface area is 92.3 Å². The quantitative estimate of drug-likeness (QED) is 0.732. The Morgan fingerprint density at radius 2 is 2.07 bits per heavy atom. The van der Waals surface area contributed by atoms with Crippen molar-refractivity contribution in [1.82, 2.24) is 5.32 Å². The minimum absolute atomic E-state index is 0.0230. The molecule has 0 spiro atoms. The van der Waals surface area contributed by atoms with Gasteiger partial charge in [-0.1, -0.05) is 32.1 Å². The number of hydrogen-bond donors (Lipinski definition) is 2. The van der Waals surface area contributed by atoms with Crippen molar-refractivity contribution in [2.24, 2.45) is 5.92 Å². The highest BCUT2D eigenvalue weighted by molar-refractivity contribution is 5.76. The van der Waals surface area contributed by atoms with Crippen molar-refractivity contribution in [3.63, 3.8) is 0 Å². The normalized spacial score (nSPS) is 19.9. The molecule has 0 saturated heterocycles. The third-order valence-corrected chi connectivity index (χ3v) is 3.19. The summed E-state index contributed by atoms with van der Waals surface area (Å²) in [4.78, 5) is 11.4. The molecular formula is C12H23NO2. The zero-order chi connectivity index (χ0) is 11.1. The molecule has 1 fully saturated rings. The summed E-state index contributed by atoms with van der Waals surface area (Å²) in [6.45, 7) is 1.84. The molecule has 1 rings (SSSR count). The fraction of sp³-hybridized carbons (Fsp3) is 0.917. The van der Waals surface area contributed by atoms with Crippen molar-refractivity contribution in [2.75, 3.05) is 6.61 Å². The molecule has 3 nitrogen and oxygen atoms in total. The first-order chi connectivity index (χ1) is 7.22. The summed E-state index contributed by atoms with van der Waals surface area (Å²) in [7, 11) is 0. The van der Waals surface area contributed by atoms with E-state index in [2.05, 4.69) is 5.32 Å². The van der Waals surface area contributed by atoms with Crippen LogP contribution in [-0.2, 0) is 4.79 Å². The van der Waals surface area contributed by atoms with Crippen LogP contribution in [0.1, 0.15) is 51.9 Å². The van der Waals surface area contributed by atoms with Crippen molar-refractivity contribution < 1.29 is 9.90 Å². The van der Waals surface area contributed by atoms with Crippen LogP contribution in [0.2, 0.25) is 0 Å². The Kier molecular flexibility index (Phi) is 5.69. The van der Waals surface area contributed by atoms with E-state index in [1.807, 2.05) is 6.92 Å². The molecule has 3 heteroatoms. The highest BCUT2D eigenvalue weighted by Crippen LogP contribution is 2.27. The Balaban J connectivity index is 2.10. The van der Waals surface area contributed by atoms with Crippen molar-refractivity contribution in [3.8, 4) is 0 Å². The summed E-state index contributed by atoms with van der Waals surface area (Å²) in [5.41, 5.74) is 0. The molecule has 88 valence electrons. The average Bonchev–Trinajstić information content (AvgIpc) is 2.27. The number of aliphatic hydroxyl groups excluding tert-OH is 1. The van der Waals surface area contributed by atoms with E-state index in [1.54, 1.807) is 0 Å². The number of nitrogens with one attached hydrogen (secondary N) is 1. The summed E-state index contributed by atoms with van der Waals surface area (Å²) in [6.07, 6.45) is 8.26. The lowest BCUT2D eigenvalue weighted by molar-refractivity contribution is -0.122. The van der Waals surface area contributed by atoms with E-state index in [0.717, 1.165) is 12.3 Å². The average molecular weight is 213 g/mol. The zero-order valence-corrected chi connectivity index (χ0v) is 9.67. The molecule has 0 bridgehead atoms. The molecule has 2 N–H and O–H groups in total. The predicted molar refractivity (Wildman–Crippen MR) is 60.5 cm³/mol. The number of hydrogen-bond acceptors (Lipinski definition) is 2. The Morgan fingerprint density at radius 3 is 2.67 bits per heavy atom. The molecular weight excluding hydrogens is 190 g/mol. The van der Waals surface area contributed by atoms with Crippen LogP contribution in [0.25, 0.3) is 0 Å². The minimum atomic E-state index is -0.108. The number of amides is 1. The van der Waals surface area contributed by atoms with Crippen LogP contribution in [-0.4, -0.2) is 23.7 Å². The van der Waals surface area contributed by atoms with Crippen LogP contribution in [0, 0.1) is 5.92 Å². The topological polar surface area (TPSA) is 49.3 Å². The van der Waals surface area contributed by atoms with Crippen LogP contribution in [0.3, 0.4) is 0 Å². The number of rotatable bonds is 5. The maximum Gasteiger partial charge on any atom is 0.220 e. The number of aliphatic hydroxyl groups is 1. The summed E-state index contributed by atoms with van der Waals surface area (Å²) < 4.78 is 0. The summed E-state index contributed by atoms with van der Waals surface area (Å²) in [5, 5.41) is 11.6. The van der Waals surface area contributed by atoms with E-state index < -0.39 is 0 Å². The first-order valence-corrected chi connectivity index (χ1v) is 6.12. The van der Waals surface area contributed by atoms with E-state index in [0.29, 0.717) is 6.42 Å². The van der Waals surface area contributed by atoms with Gasteiger partial charge in [-0.25, -0.2) is 0 Å². The van der Waals surface area contributed by atoms with E-state index in [1.165, 1.54) is 32.1 Å². The molecule has 0 heterocycles. The molecule has 0 aromatic heterocycles. The fourth-order valence-corrected chi connectivity index (χ4v) is 2.20. The van der Waals surface area contributed by atoms with Gasteiger partial charge in [0.1, 0.15) is 0 Å². The van der Waals surface area contributed by atoms with E-state index in [-0.39, 0.29) is 18.6 Å². The van der Waals surface area contributed by atoms with Gasteiger partial charge in [0.2, 0.25) is 5.91 Å². The van der Waals surface area contributed by atoms with Gasteiger partial charge in [0.15, 0.2) is 0 Å². The van der Waals surface area contributed by atoms with Gasteiger partial charge < -0.3 is 10.4 Å². The van der Waals surface area contributed by atoms with Crippen LogP contribution < -0.4 is 5.32 Å². The van der Waals surface area contributed by atoms with Gasteiger partial charge in [-0.05, 0) is 19.3 Å². The smallest absolute Gasteiger partial charge is 0.220 e. The fourth-order valence-electron chi connectivity index (χ4n) is 2.20. The molecule has 0 aromatic carbocycles. The maximum absolute atomic E-state index is 11.4. The Hall–Kier alpha value is -0.570. The molecule has 15 heavy (non-hydrogen) atoms. The molecule has 1 atom stereocenters. The lowest BCUT2D eigenvalue weighted by Gasteiger charge is -2.21. The predicted octanol–water partition coefficient (Wildman–Crippen LogP) is 1.84. The monoisotopic (exact) mass is 213 g/mol. The van der Waals surface area contributed by atoms with E-state index in [4.69, 9.17) is 5.11 Å². The maximum atomic E-state index is 11.4. The third-order valence-electron chi connectivity index (χ3n) is 3.19. The largest absolute Gasteiger partial charge is 0.394 e. The molecule has 1 amide bonds. The third kappa shape index (κ3) is 5.17. The van der Waals surface area contributed by atoms with Crippen molar-refractivity contribution in [3.05, 3.63) is 0 Å². The highest BCUT2D eigenvalue weighted by atomic mass is 16.3. The van der Waals surface area contributed by atoms with Crippen LogP contribution >= 0.6 is 0 Å². The van der Waals surface area contributed by atoms with Gasteiger partial charge in [-0.15, -0.1) is 0 Å². The number of carbonyl (C=O) groups excluding carboxylic acids is 1. The molecule has 0 unspecified atom stereocenters. The molecule has 0 aromatic rings. The lowest BCUT2D eigenvalue weighted by Crippen LogP contribution is -2.35. The second kappa shape index (κ2) is 6.83. The highest BCUT2D eigenvalue weighted by Gasteiger charge is 2.15. The zero-order valence-electron chi connectivity index (χ0n) is 9.67. The van der Waals surface area contributed by atoms with E-state index in [9.17, 15) is 4.79 Å². The number of carbonyl (C=O) groups is 1. The Bertz CT molecular complexity index is 188. The lowest BCUT2D eigenvalue weighted by atomic mass is 9.86. The summed E-state index contributed by atoms with van der Waals surface area (Å²) in [6, 6.07) is -0.108. The minimum Gasteiger partial charge on any atom is -0.394 e. The SMILES string of the molecule is C[C@H](CO)NC(=O)CCC1CCCCC1. The molecule has 1 saturated carbocycles. The standard InChI is InChI=1S/C12H23NO2/c1-10(9-14)13-12(15)8-7-11-5-3-2-4-6-11/h10-11,14H,2-9H2,1H3,(H,13,15)/t10-/m1/s1. The molecule has 0 aliphatic heterocycles. The second-order valence-electron chi connectivity index (χ2n) is 4.69. The van der Waals surface area contributed by atoms with Gasteiger partial charge in [0, 0.05) is 12.5 Å².